The van der Waals surface area contributed by atoms with Crippen LogP contribution in [-0.4, -0.2) is 23.5 Å². The number of nitrogens with one attached hydrogen (secondary N) is 2. The Hall–Kier alpha value is -2.59. The van der Waals surface area contributed by atoms with Crippen molar-refractivity contribution in [2.75, 3.05) is 6.54 Å². The molecule has 0 aliphatic carbocycles. The summed E-state index contributed by atoms with van der Waals surface area (Å²) in [5.74, 6) is -0.0649. The molecule has 0 spiro atoms. The molecule has 116 valence electrons. The van der Waals surface area contributed by atoms with Crippen molar-refractivity contribution in [3.63, 3.8) is 0 Å². The Balaban J connectivity index is 1.43. The highest BCUT2D eigenvalue weighted by Gasteiger charge is 2.20. The summed E-state index contributed by atoms with van der Waals surface area (Å²) in [4.78, 5) is 15.5. The summed E-state index contributed by atoms with van der Waals surface area (Å²) in [5.41, 5.74) is 4.20. The summed E-state index contributed by atoms with van der Waals surface area (Å²) in [5, 5.41) is 3.94. The number of aromatic nitrogens is 1. The van der Waals surface area contributed by atoms with E-state index in [4.69, 9.17) is 4.74 Å². The van der Waals surface area contributed by atoms with Crippen LogP contribution in [0.4, 0.5) is 0 Å². The molecule has 0 saturated heterocycles. The summed E-state index contributed by atoms with van der Waals surface area (Å²) >= 11 is 0. The molecule has 4 heteroatoms. The largest absolute Gasteiger partial charge is 0.371 e. The van der Waals surface area contributed by atoms with E-state index in [2.05, 4.69) is 22.4 Å². The van der Waals surface area contributed by atoms with Crippen molar-refractivity contribution in [3.8, 4) is 0 Å². The van der Waals surface area contributed by atoms with E-state index >= 15 is 0 Å². The van der Waals surface area contributed by atoms with Crippen LogP contribution in [0.1, 0.15) is 21.5 Å². The Morgan fingerprint density at radius 2 is 1.91 bits per heavy atom. The molecule has 1 unspecified atom stereocenters. The molecule has 1 aromatic heterocycles. The Kier molecular flexibility index (Phi) is 3.60. The maximum absolute atomic E-state index is 12.4. The van der Waals surface area contributed by atoms with Crippen molar-refractivity contribution in [1.29, 1.82) is 0 Å². The predicted molar refractivity (Wildman–Crippen MR) is 89.4 cm³/mol. The molecular weight excluding hydrogens is 288 g/mol. The molecule has 1 atom stereocenters. The first-order valence-corrected chi connectivity index (χ1v) is 7.84. The second-order valence-electron chi connectivity index (χ2n) is 5.86. The second kappa shape index (κ2) is 5.89. The van der Waals surface area contributed by atoms with Crippen molar-refractivity contribution in [1.82, 2.24) is 10.3 Å². The first-order chi connectivity index (χ1) is 11.3. The lowest BCUT2D eigenvalue weighted by Gasteiger charge is -2.25. The Morgan fingerprint density at radius 3 is 2.83 bits per heavy atom. The average molecular weight is 306 g/mol. The van der Waals surface area contributed by atoms with Crippen molar-refractivity contribution in [3.05, 3.63) is 71.4 Å². The molecule has 0 saturated carbocycles. The normalized spacial score (nSPS) is 17.0. The Morgan fingerprint density at radius 1 is 1.13 bits per heavy atom. The zero-order valence-corrected chi connectivity index (χ0v) is 12.7. The molecule has 1 amide bonds. The molecule has 1 aliphatic heterocycles. The van der Waals surface area contributed by atoms with Gasteiger partial charge in [-0.05, 0) is 17.2 Å². The number of benzene rings is 2. The zero-order chi connectivity index (χ0) is 15.6. The summed E-state index contributed by atoms with van der Waals surface area (Å²) in [6.07, 6.45) is 2.63. The number of ether oxygens (including phenoxy) is 1. The van der Waals surface area contributed by atoms with Crippen LogP contribution in [0.5, 0.6) is 0 Å². The minimum absolute atomic E-state index is 0.0269. The molecule has 0 bridgehead atoms. The molecule has 2 N–H and O–H groups in total. The zero-order valence-electron chi connectivity index (χ0n) is 12.7. The van der Waals surface area contributed by atoms with Crippen LogP contribution in [0.25, 0.3) is 10.9 Å². The van der Waals surface area contributed by atoms with E-state index in [1.165, 1.54) is 11.1 Å². The van der Waals surface area contributed by atoms with Crippen LogP contribution in [0.15, 0.2) is 54.7 Å². The van der Waals surface area contributed by atoms with E-state index in [1.807, 2.05) is 36.4 Å². The van der Waals surface area contributed by atoms with Gasteiger partial charge in [-0.2, -0.15) is 0 Å². The number of carbonyl (C=O) groups is 1. The Bertz CT molecular complexity index is 853. The van der Waals surface area contributed by atoms with Gasteiger partial charge in [0.15, 0.2) is 0 Å². The van der Waals surface area contributed by atoms with Gasteiger partial charge in [0.1, 0.15) is 0 Å². The minimum Gasteiger partial charge on any atom is -0.371 e. The fourth-order valence-corrected chi connectivity index (χ4v) is 3.10. The van der Waals surface area contributed by atoms with Gasteiger partial charge in [0.2, 0.25) is 0 Å². The number of rotatable bonds is 3. The number of fused-ring (bicyclic) bond motifs is 2. The van der Waals surface area contributed by atoms with Gasteiger partial charge in [0.25, 0.3) is 5.91 Å². The van der Waals surface area contributed by atoms with Gasteiger partial charge >= 0.3 is 0 Å². The number of hydrogen-bond acceptors (Lipinski definition) is 2. The quantitative estimate of drug-likeness (QED) is 0.781. The molecule has 23 heavy (non-hydrogen) atoms. The highest BCUT2D eigenvalue weighted by Crippen LogP contribution is 2.20. The van der Waals surface area contributed by atoms with Gasteiger partial charge in [0.05, 0.1) is 18.3 Å². The lowest BCUT2D eigenvalue weighted by molar-refractivity contribution is 0.0285. The minimum atomic E-state index is -0.0649. The average Bonchev–Trinajstić information content (AvgIpc) is 3.03. The molecule has 4 nitrogen and oxygen atoms in total. The predicted octanol–water partition coefficient (Wildman–Crippen LogP) is 3.04. The van der Waals surface area contributed by atoms with E-state index in [1.54, 1.807) is 6.20 Å². The maximum atomic E-state index is 12.4. The van der Waals surface area contributed by atoms with Gasteiger partial charge in [-0.3, -0.25) is 4.79 Å². The monoisotopic (exact) mass is 306 g/mol. The SMILES string of the molecule is O=C(NCC1Cc2ccccc2CO1)c1c[nH]c2ccccc12. The first kappa shape index (κ1) is 14.0. The third-order valence-electron chi connectivity index (χ3n) is 4.36. The summed E-state index contributed by atoms with van der Waals surface area (Å²) in [6, 6.07) is 16.1. The number of aromatic amines is 1. The Labute approximate surface area is 134 Å². The lowest BCUT2D eigenvalue weighted by Crippen LogP contribution is -2.36. The fraction of sp³-hybridized carbons (Fsp3) is 0.211. The van der Waals surface area contributed by atoms with E-state index < -0.39 is 0 Å². The molecule has 3 aromatic rings. The van der Waals surface area contributed by atoms with Crippen LogP contribution >= 0.6 is 0 Å². The molecule has 1 aliphatic rings. The van der Waals surface area contributed by atoms with Crippen molar-refractivity contribution in [2.24, 2.45) is 0 Å². The van der Waals surface area contributed by atoms with Crippen molar-refractivity contribution < 1.29 is 9.53 Å². The van der Waals surface area contributed by atoms with Gasteiger partial charge in [0, 0.05) is 30.1 Å². The highest BCUT2D eigenvalue weighted by molar-refractivity contribution is 6.06. The van der Waals surface area contributed by atoms with Crippen LogP contribution in [-0.2, 0) is 17.8 Å². The molecule has 2 aromatic carbocycles. The van der Waals surface area contributed by atoms with Gasteiger partial charge in [-0.25, -0.2) is 0 Å². The summed E-state index contributed by atoms with van der Waals surface area (Å²) in [6.45, 7) is 1.14. The van der Waals surface area contributed by atoms with Crippen LogP contribution < -0.4 is 5.32 Å². The number of H-pyrrole nitrogens is 1. The molecule has 0 radical (unpaired) electrons. The second-order valence-corrected chi connectivity index (χ2v) is 5.86. The fourth-order valence-electron chi connectivity index (χ4n) is 3.10. The van der Waals surface area contributed by atoms with Gasteiger partial charge in [-0.15, -0.1) is 0 Å². The van der Waals surface area contributed by atoms with Gasteiger partial charge in [-0.1, -0.05) is 42.5 Å². The van der Waals surface area contributed by atoms with E-state index in [-0.39, 0.29) is 12.0 Å². The van der Waals surface area contributed by atoms with Gasteiger partial charge < -0.3 is 15.0 Å². The van der Waals surface area contributed by atoms with Crippen LogP contribution in [0.2, 0.25) is 0 Å². The molecular formula is C19H18N2O2. The van der Waals surface area contributed by atoms with E-state index in [0.717, 1.165) is 17.3 Å². The summed E-state index contributed by atoms with van der Waals surface area (Å²) < 4.78 is 5.84. The molecule has 2 heterocycles. The molecule has 4 rings (SSSR count). The third-order valence-corrected chi connectivity index (χ3v) is 4.36. The van der Waals surface area contributed by atoms with Crippen LogP contribution in [0, 0.1) is 0 Å². The van der Waals surface area contributed by atoms with E-state index in [9.17, 15) is 4.79 Å². The summed E-state index contributed by atoms with van der Waals surface area (Å²) in [7, 11) is 0. The topological polar surface area (TPSA) is 54.1 Å². The van der Waals surface area contributed by atoms with E-state index in [0.29, 0.717) is 18.7 Å². The molecule has 0 fully saturated rings. The maximum Gasteiger partial charge on any atom is 0.253 e. The number of para-hydroxylation sites is 1. The number of carbonyl (C=O) groups excluding carboxylic acids is 1. The number of amides is 1. The third kappa shape index (κ3) is 2.73. The van der Waals surface area contributed by atoms with Crippen molar-refractivity contribution >= 4 is 16.8 Å². The number of hydrogen-bond donors (Lipinski definition) is 2. The lowest BCUT2D eigenvalue weighted by atomic mass is 9.99. The highest BCUT2D eigenvalue weighted by atomic mass is 16.5. The van der Waals surface area contributed by atoms with Crippen LogP contribution in [0.3, 0.4) is 0 Å². The van der Waals surface area contributed by atoms with Crippen molar-refractivity contribution in [2.45, 2.75) is 19.1 Å². The smallest absolute Gasteiger partial charge is 0.253 e. The first-order valence-electron chi connectivity index (χ1n) is 7.84. The standard InChI is InChI=1S/C19H18N2O2/c22-19(17-11-20-18-8-4-3-7-16(17)18)21-10-15-9-13-5-1-2-6-14(13)12-23-15/h1-8,11,15,20H,9-10,12H2,(H,21,22).